The number of aromatic amines is 1. The van der Waals surface area contributed by atoms with Gasteiger partial charge in [-0.25, -0.2) is 0 Å². The van der Waals surface area contributed by atoms with Crippen LogP contribution in [0.15, 0.2) is 30.5 Å². The zero-order chi connectivity index (χ0) is 13.9. The summed E-state index contributed by atoms with van der Waals surface area (Å²) in [4.78, 5) is 5.25. The lowest BCUT2D eigenvalue weighted by atomic mass is 10.1. The molecule has 104 valence electrons. The van der Waals surface area contributed by atoms with Crippen LogP contribution < -0.4 is 0 Å². The number of para-hydroxylation sites is 1. The monoisotopic (exact) mass is 282 g/mol. The van der Waals surface area contributed by atoms with E-state index in [2.05, 4.69) is 17.1 Å². The van der Waals surface area contributed by atoms with Crippen LogP contribution in [0.25, 0.3) is 10.9 Å². The third-order valence-corrected chi connectivity index (χ3v) is 3.48. The number of likely N-dealkylation sites (N-methyl/N-ethyl adjacent to an activating group) is 1. The van der Waals surface area contributed by atoms with Crippen LogP contribution >= 0.6 is 0 Å². The molecule has 1 aromatic heterocycles. The molecule has 0 aliphatic carbocycles. The lowest BCUT2D eigenvalue weighted by Crippen LogP contribution is -2.24. The molecule has 1 heterocycles. The average Bonchev–Trinajstić information content (AvgIpc) is 2.76. The summed E-state index contributed by atoms with van der Waals surface area (Å²) in [6.07, 6.45) is 2.98. The largest absolute Gasteiger partial charge is 0.361 e. The number of hydrogen-bond donors (Lipinski definition) is 1. The van der Waals surface area contributed by atoms with Gasteiger partial charge in [-0.15, -0.1) is 0 Å². The lowest BCUT2D eigenvalue weighted by molar-refractivity contribution is 0.238. The summed E-state index contributed by atoms with van der Waals surface area (Å²) in [6.45, 7) is 1.48. The Kier molecular flexibility index (Phi) is 4.24. The van der Waals surface area contributed by atoms with Crippen LogP contribution in [0.4, 0.5) is 0 Å². The first kappa shape index (κ1) is 14.0. The molecule has 0 aliphatic heterocycles. The molecule has 5 nitrogen and oxygen atoms in total. The second-order valence-corrected chi connectivity index (χ2v) is 6.27. The van der Waals surface area contributed by atoms with E-state index in [0.717, 1.165) is 18.3 Å². The molecular formula is C13H18N2O3S. The van der Waals surface area contributed by atoms with E-state index in [1.807, 2.05) is 30.3 Å². The van der Waals surface area contributed by atoms with E-state index in [0.29, 0.717) is 6.54 Å². The Hall–Kier alpha value is -1.37. The molecule has 0 saturated carbocycles. The molecule has 2 aromatic rings. The van der Waals surface area contributed by atoms with Crippen molar-refractivity contribution < 1.29 is 12.6 Å². The zero-order valence-electron chi connectivity index (χ0n) is 11.1. The van der Waals surface area contributed by atoms with Crippen molar-refractivity contribution in [3.8, 4) is 0 Å². The summed E-state index contributed by atoms with van der Waals surface area (Å²) in [5.74, 6) is 0. The topological polar surface area (TPSA) is 62.4 Å². The van der Waals surface area contributed by atoms with Gasteiger partial charge in [-0.05, 0) is 24.1 Å². The first-order valence-electron chi connectivity index (χ1n) is 6.03. The fraction of sp³-hybridized carbons (Fsp3) is 0.385. The molecule has 6 heteroatoms. The minimum Gasteiger partial charge on any atom is -0.361 e. The van der Waals surface area contributed by atoms with Crippen LogP contribution in [0.1, 0.15) is 5.56 Å². The highest BCUT2D eigenvalue weighted by atomic mass is 32.2. The third kappa shape index (κ3) is 4.05. The fourth-order valence-corrected chi connectivity index (χ4v) is 2.37. The maximum absolute atomic E-state index is 10.9. The van der Waals surface area contributed by atoms with Crippen LogP contribution in [0.2, 0.25) is 0 Å². The molecule has 1 aromatic carbocycles. The number of benzene rings is 1. The van der Waals surface area contributed by atoms with Gasteiger partial charge in [0.1, 0.15) is 0 Å². The lowest BCUT2D eigenvalue weighted by Gasteiger charge is -2.16. The molecule has 0 bridgehead atoms. The normalized spacial score (nSPS) is 12.4. The van der Waals surface area contributed by atoms with Crippen molar-refractivity contribution in [1.82, 2.24) is 9.88 Å². The SMILES string of the molecule is CN(CCOS(C)(=O)=O)Cc1cccc2cc[nH]c12. The van der Waals surface area contributed by atoms with Crippen molar-refractivity contribution in [2.75, 3.05) is 26.5 Å². The van der Waals surface area contributed by atoms with E-state index >= 15 is 0 Å². The molecule has 2 rings (SSSR count). The van der Waals surface area contributed by atoms with Crippen LogP contribution in [0.5, 0.6) is 0 Å². The Morgan fingerprint density at radius 1 is 1.32 bits per heavy atom. The van der Waals surface area contributed by atoms with E-state index < -0.39 is 10.1 Å². The second kappa shape index (κ2) is 5.73. The number of hydrogen-bond acceptors (Lipinski definition) is 4. The molecular weight excluding hydrogens is 264 g/mol. The summed E-state index contributed by atoms with van der Waals surface area (Å²) < 4.78 is 26.5. The Morgan fingerprint density at radius 3 is 2.84 bits per heavy atom. The second-order valence-electron chi connectivity index (χ2n) is 4.62. The van der Waals surface area contributed by atoms with Gasteiger partial charge in [-0.1, -0.05) is 18.2 Å². The Bertz CT molecular complexity index is 649. The molecule has 19 heavy (non-hydrogen) atoms. The summed E-state index contributed by atoms with van der Waals surface area (Å²) >= 11 is 0. The van der Waals surface area contributed by atoms with Crippen LogP contribution in [-0.2, 0) is 20.8 Å². The minimum atomic E-state index is -3.35. The number of H-pyrrole nitrogens is 1. The van der Waals surface area contributed by atoms with Gasteiger partial charge in [0, 0.05) is 24.8 Å². The fourth-order valence-electron chi connectivity index (χ4n) is 2.00. The van der Waals surface area contributed by atoms with Crippen molar-refractivity contribution in [2.45, 2.75) is 6.54 Å². The highest BCUT2D eigenvalue weighted by Gasteiger charge is 2.07. The molecule has 0 radical (unpaired) electrons. The Morgan fingerprint density at radius 2 is 2.11 bits per heavy atom. The summed E-state index contributed by atoms with van der Waals surface area (Å²) in [5.41, 5.74) is 2.31. The average molecular weight is 282 g/mol. The van der Waals surface area contributed by atoms with Gasteiger partial charge in [0.25, 0.3) is 10.1 Å². The summed E-state index contributed by atoms with van der Waals surface area (Å²) in [6, 6.07) is 8.17. The number of nitrogens with zero attached hydrogens (tertiary/aromatic N) is 1. The molecule has 0 saturated heterocycles. The van der Waals surface area contributed by atoms with Crippen LogP contribution in [0.3, 0.4) is 0 Å². The third-order valence-electron chi connectivity index (χ3n) is 2.88. The number of fused-ring (bicyclic) bond motifs is 1. The maximum Gasteiger partial charge on any atom is 0.264 e. The molecule has 0 fully saturated rings. The molecule has 0 spiro atoms. The van der Waals surface area contributed by atoms with E-state index in [9.17, 15) is 8.42 Å². The smallest absolute Gasteiger partial charge is 0.264 e. The van der Waals surface area contributed by atoms with Crippen molar-refractivity contribution >= 4 is 21.0 Å². The maximum atomic E-state index is 10.9. The Labute approximate surface area is 113 Å². The van der Waals surface area contributed by atoms with Gasteiger partial charge >= 0.3 is 0 Å². The molecule has 0 amide bonds. The number of rotatable bonds is 6. The van der Waals surface area contributed by atoms with E-state index in [-0.39, 0.29) is 6.61 Å². The van der Waals surface area contributed by atoms with Gasteiger partial charge in [-0.2, -0.15) is 8.42 Å². The van der Waals surface area contributed by atoms with E-state index in [1.54, 1.807) is 0 Å². The predicted octanol–water partition coefficient (Wildman–Crippen LogP) is 1.58. The van der Waals surface area contributed by atoms with Crippen LogP contribution in [0, 0.1) is 0 Å². The van der Waals surface area contributed by atoms with Crippen molar-refractivity contribution in [3.05, 3.63) is 36.0 Å². The molecule has 0 atom stereocenters. The van der Waals surface area contributed by atoms with E-state index in [1.165, 1.54) is 10.9 Å². The summed E-state index contributed by atoms with van der Waals surface area (Å²) in [5, 5.41) is 1.18. The van der Waals surface area contributed by atoms with Gasteiger partial charge < -0.3 is 4.98 Å². The molecule has 1 N–H and O–H groups in total. The van der Waals surface area contributed by atoms with Gasteiger partial charge in [0.05, 0.1) is 12.9 Å². The molecule has 0 unspecified atom stereocenters. The number of aromatic nitrogens is 1. The van der Waals surface area contributed by atoms with Crippen LogP contribution in [-0.4, -0.2) is 44.8 Å². The minimum absolute atomic E-state index is 0.177. The van der Waals surface area contributed by atoms with Gasteiger partial charge in [-0.3, -0.25) is 9.08 Å². The quantitative estimate of drug-likeness (QED) is 0.817. The van der Waals surface area contributed by atoms with Gasteiger partial charge in [0.2, 0.25) is 0 Å². The van der Waals surface area contributed by atoms with Crippen molar-refractivity contribution in [3.63, 3.8) is 0 Å². The van der Waals surface area contributed by atoms with Crippen molar-refractivity contribution in [2.24, 2.45) is 0 Å². The first-order valence-corrected chi connectivity index (χ1v) is 7.85. The van der Waals surface area contributed by atoms with Crippen molar-refractivity contribution in [1.29, 1.82) is 0 Å². The highest BCUT2D eigenvalue weighted by Crippen LogP contribution is 2.17. The highest BCUT2D eigenvalue weighted by molar-refractivity contribution is 7.85. The molecule has 0 aliphatic rings. The zero-order valence-corrected chi connectivity index (χ0v) is 11.9. The van der Waals surface area contributed by atoms with Gasteiger partial charge in [0.15, 0.2) is 0 Å². The first-order chi connectivity index (χ1) is 8.96. The van der Waals surface area contributed by atoms with E-state index in [4.69, 9.17) is 4.18 Å². The number of nitrogens with one attached hydrogen (secondary N) is 1. The summed E-state index contributed by atoms with van der Waals surface area (Å²) in [7, 11) is -1.41. The Balaban J connectivity index is 1.95. The standard InChI is InChI=1S/C13H18N2O3S/c1-15(8-9-18-19(2,16)17)10-12-5-3-4-11-6-7-14-13(11)12/h3-7,14H,8-10H2,1-2H3. The predicted molar refractivity (Wildman–Crippen MR) is 75.4 cm³/mol.